The van der Waals surface area contributed by atoms with Crippen molar-refractivity contribution in [3.05, 3.63) is 96.3 Å². The quantitative estimate of drug-likeness (QED) is 0.279. The molecule has 1 atom stereocenters. The highest BCUT2D eigenvalue weighted by Crippen LogP contribution is 2.29. The van der Waals surface area contributed by atoms with Crippen LogP contribution in [-0.4, -0.2) is 36.8 Å². The molecule has 1 heterocycles. The van der Waals surface area contributed by atoms with E-state index in [-0.39, 0.29) is 11.3 Å². The Labute approximate surface area is 216 Å². The lowest BCUT2D eigenvalue weighted by Gasteiger charge is -2.22. The van der Waals surface area contributed by atoms with Gasteiger partial charge in [-0.1, -0.05) is 54.6 Å². The highest BCUT2D eigenvalue weighted by molar-refractivity contribution is 7.89. The Morgan fingerprint density at radius 3 is 2.24 bits per heavy atom. The summed E-state index contributed by atoms with van der Waals surface area (Å²) in [6.45, 7) is 5.32. The standard InChI is InChI=1S/C28H30N4O4S/c1-28(2,3)32-37(35,36)25-16-8-12-20-21(25)13-7-14-22(20)30-27(34)24(18-19-10-5-4-6-11-19)31-26(33)23-15-9-17-29-23/h4-17,24,29,32H,18H2,1-3H3,(H,30,34)(H,31,33). The zero-order chi connectivity index (χ0) is 26.6. The molecular weight excluding hydrogens is 488 g/mol. The van der Waals surface area contributed by atoms with Crippen LogP contribution in [0.15, 0.2) is 90.0 Å². The molecule has 0 aliphatic heterocycles. The van der Waals surface area contributed by atoms with Gasteiger partial charge < -0.3 is 15.6 Å². The highest BCUT2D eigenvalue weighted by atomic mass is 32.2. The molecule has 0 fully saturated rings. The largest absolute Gasteiger partial charge is 0.357 e. The Morgan fingerprint density at radius 2 is 1.57 bits per heavy atom. The summed E-state index contributed by atoms with van der Waals surface area (Å²) in [5, 5.41) is 6.76. The van der Waals surface area contributed by atoms with Crippen molar-refractivity contribution in [2.75, 3.05) is 5.32 Å². The van der Waals surface area contributed by atoms with E-state index in [0.717, 1.165) is 5.56 Å². The smallest absolute Gasteiger partial charge is 0.268 e. The van der Waals surface area contributed by atoms with E-state index in [1.807, 2.05) is 30.3 Å². The molecule has 8 nitrogen and oxygen atoms in total. The van der Waals surface area contributed by atoms with Crippen molar-refractivity contribution in [3.63, 3.8) is 0 Å². The molecule has 0 spiro atoms. The van der Waals surface area contributed by atoms with Crippen molar-refractivity contribution < 1.29 is 18.0 Å². The molecule has 1 aromatic heterocycles. The van der Waals surface area contributed by atoms with E-state index in [4.69, 9.17) is 0 Å². The maximum absolute atomic E-state index is 13.5. The molecule has 192 valence electrons. The first kappa shape index (κ1) is 26.1. The minimum absolute atomic E-state index is 0.122. The second kappa shape index (κ2) is 10.6. The minimum atomic E-state index is -3.81. The summed E-state index contributed by atoms with van der Waals surface area (Å²) in [6.07, 6.45) is 1.91. The average molecular weight is 519 g/mol. The van der Waals surface area contributed by atoms with E-state index < -0.39 is 33.4 Å². The molecule has 1 unspecified atom stereocenters. The number of aromatic amines is 1. The fraction of sp³-hybridized carbons (Fsp3) is 0.214. The normalized spacial score (nSPS) is 12.7. The van der Waals surface area contributed by atoms with Gasteiger partial charge in [-0.3, -0.25) is 9.59 Å². The van der Waals surface area contributed by atoms with E-state index in [1.165, 1.54) is 6.07 Å². The number of hydrogen-bond donors (Lipinski definition) is 4. The van der Waals surface area contributed by atoms with Crippen LogP contribution in [-0.2, 0) is 21.2 Å². The number of fused-ring (bicyclic) bond motifs is 1. The van der Waals surface area contributed by atoms with Gasteiger partial charge in [-0.25, -0.2) is 13.1 Å². The Balaban J connectivity index is 1.65. The fourth-order valence-electron chi connectivity index (χ4n) is 4.07. The predicted molar refractivity (Wildman–Crippen MR) is 145 cm³/mol. The Kier molecular flexibility index (Phi) is 7.47. The zero-order valence-electron chi connectivity index (χ0n) is 20.9. The summed E-state index contributed by atoms with van der Waals surface area (Å²) in [4.78, 5) is 29.2. The molecule has 0 aliphatic rings. The first-order chi connectivity index (χ1) is 17.5. The number of benzene rings is 3. The molecular formula is C28H30N4O4S. The lowest BCUT2D eigenvalue weighted by Crippen LogP contribution is -2.45. The van der Waals surface area contributed by atoms with E-state index in [1.54, 1.807) is 69.4 Å². The second-order valence-corrected chi connectivity index (χ2v) is 11.5. The molecule has 3 aromatic carbocycles. The maximum Gasteiger partial charge on any atom is 0.268 e. The van der Waals surface area contributed by atoms with Crippen molar-refractivity contribution in [2.45, 2.75) is 43.7 Å². The Morgan fingerprint density at radius 1 is 0.865 bits per heavy atom. The molecule has 0 saturated carbocycles. The van der Waals surface area contributed by atoms with Crippen molar-refractivity contribution in [1.82, 2.24) is 15.0 Å². The van der Waals surface area contributed by atoms with E-state index >= 15 is 0 Å². The van der Waals surface area contributed by atoms with Crippen molar-refractivity contribution >= 4 is 38.3 Å². The van der Waals surface area contributed by atoms with Gasteiger partial charge in [0.1, 0.15) is 11.7 Å². The van der Waals surface area contributed by atoms with E-state index in [9.17, 15) is 18.0 Å². The predicted octanol–water partition coefficient (Wildman–Crippen LogP) is 4.22. The van der Waals surface area contributed by atoms with Crippen molar-refractivity contribution in [3.8, 4) is 0 Å². The summed E-state index contributed by atoms with van der Waals surface area (Å²) in [6, 6.07) is 21.9. The maximum atomic E-state index is 13.5. The van der Waals surface area contributed by atoms with Crippen LogP contribution in [0.3, 0.4) is 0 Å². The van der Waals surface area contributed by atoms with Crippen LogP contribution in [0.2, 0.25) is 0 Å². The van der Waals surface area contributed by atoms with Gasteiger partial charge in [0.2, 0.25) is 15.9 Å². The number of amides is 2. The summed E-state index contributed by atoms with van der Waals surface area (Å²) < 4.78 is 28.9. The van der Waals surface area contributed by atoms with Crippen LogP contribution in [0.25, 0.3) is 10.8 Å². The number of anilines is 1. The number of sulfonamides is 1. The molecule has 4 N–H and O–H groups in total. The minimum Gasteiger partial charge on any atom is -0.357 e. The SMILES string of the molecule is CC(C)(C)NS(=O)(=O)c1cccc2c(NC(=O)C(Cc3ccccc3)NC(=O)c3ccc[nH]3)cccc12. The molecule has 0 aliphatic carbocycles. The first-order valence-corrected chi connectivity index (χ1v) is 13.4. The number of hydrogen-bond acceptors (Lipinski definition) is 4. The van der Waals surface area contributed by atoms with Crippen LogP contribution in [0.1, 0.15) is 36.8 Å². The molecule has 0 radical (unpaired) electrons. The van der Waals surface area contributed by atoms with Gasteiger partial charge in [0, 0.05) is 34.6 Å². The van der Waals surface area contributed by atoms with Crippen LogP contribution < -0.4 is 15.4 Å². The lowest BCUT2D eigenvalue weighted by molar-refractivity contribution is -0.118. The monoisotopic (exact) mass is 518 g/mol. The first-order valence-electron chi connectivity index (χ1n) is 11.9. The van der Waals surface area contributed by atoms with Gasteiger partial charge in [-0.2, -0.15) is 0 Å². The summed E-state index contributed by atoms with van der Waals surface area (Å²) in [5.74, 6) is -0.821. The third-order valence-corrected chi connectivity index (χ3v) is 7.43. The third kappa shape index (κ3) is 6.44. The number of carbonyl (C=O) groups excluding carboxylic acids is 2. The third-order valence-electron chi connectivity index (χ3n) is 5.62. The second-order valence-electron chi connectivity index (χ2n) is 9.80. The van der Waals surface area contributed by atoms with Crippen molar-refractivity contribution in [2.24, 2.45) is 0 Å². The molecule has 2 amide bonds. The topological polar surface area (TPSA) is 120 Å². The number of nitrogens with one attached hydrogen (secondary N) is 4. The lowest BCUT2D eigenvalue weighted by atomic mass is 10.0. The Bertz CT molecular complexity index is 1510. The number of aromatic nitrogens is 1. The van der Waals surface area contributed by atoms with E-state index in [0.29, 0.717) is 22.2 Å². The highest BCUT2D eigenvalue weighted by Gasteiger charge is 2.26. The van der Waals surface area contributed by atoms with Crippen molar-refractivity contribution in [1.29, 1.82) is 0 Å². The van der Waals surface area contributed by atoms with Gasteiger partial charge in [-0.15, -0.1) is 0 Å². The van der Waals surface area contributed by atoms with Gasteiger partial charge in [0.15, 0.2) is 0 Å². The number of rotatable bonds is 8. The average Bonchev–Trinajstić information content (AvgIpc) is 3.38. The molecule has 0 bridgehead atoms. The Hall–Kier alpha value is -3.95. The molecule has 0 saturated heterocycles. The van der Waals surface area contributed by atoms with Crippen LogP contribution in [0, 0.1) is 0 Å². The van der Waals surface area contributed by atoms with Gasteiger partial charge in [0.25, 0.3) is 5.91 Å². The summed E-state index contributed by atoms with van der Waals surface area (Å²) in [7, 11) is -3.81. The molecule has 37 heavy (non-hydrogen) atoms. The van der Waals surface area contributed by atoms with E-state index in [2.05, 4.69) is 20.3 Å². The zero-order valence-corrected chi connectivity index (χ0v) is 21.7. The molecule has 4 rings (SSSR count). The number of carbonyl (C=O) groups is 2. The fourth-order valence-corrected chi connectivity index (χ4v) is 5.71. The summed E-state index contributed by atoms with van der Waals surface area (Å²) in [5.41, 5.74) is 1.02. The van der Waals surface area contributed by atoms with Crippen LogP contribution in [0.5, 0.6) is 0 Å². The van der Waals surface area contributed by atoms with Crippen LogP contribution in [0.4, 0.5) is 5.69 Å². The molecule has 9 heteroatoms. The van der Waals surface area contributed by atoms with Gasteiger partial charge in [-0.05, 0) is 50.6 Å². The van der Waals surface area contributed by atoms with Crippen LogP contribution >= 0.6 is 0 Å². The number of H-pyrrole nitrogens is 1. The molecule has 4 aromatic rings. The van der Waals surface area contributed by atoms with Gasteiger partial charge >= 0.3 is 0 Å². The summed E-state index contributed by atoms with van der Waals surface area (Å²) >= 11 is 0. The van der Waals surface area contributed by atoms with Gasteiger partial charge in [0.05, 0.1) is 4.90 Å².